The zero-order valence-electron chi connectivity index (χ0n) is 10.8. The minimum Gasteiger partial charge on any atom is -0.373 e. The van der Waals surface area contributed by atoms with Crippen molar-refractivity contribution in [2.45, 2.75) is 32.6 Å². The first-order valence-electron chi connectivity index (χ1n) is 6.19. The fourth-order valence-electron chi connectivity index (χ4n) is 2.35. The molecule has 17 heavy (non-hydrogen) atoms. The van der Waals surface area contributed by atoms with E-state index in [1.54, 1.807) is 0 Å². The molecule has 1 aromatic rings. The van der Waals surface area contributed by atoms with Gasteiger partial charge in [0.15, 0.2) is 0 Å². The lowest BCUT2D eigenvalue weighted by Crippen LogP contribution is -2.44. The van der Waals surface area contributed by atoms with Gasteiger partial charge >= 0.3 is 0 Å². The molecule has 4 nitrogen and oxygen atoms in total. The molecule has 0 aliphatic carbocycles. The molecule has 1 aromatic heterocycles. The first-order valence-corrected chi connectivity index (χ1v) is 6.19. The molecule has 0 spiro atoms. The van der Waals surface area contributed by atoms with Gasteiger partial charge in [-0.25, -0.2) is 4.98 Å². The van der Waals surface area contributed by atoms with Gasteiger partial charge in [-0.1, -0.05) is 6.07 Å². The van der Waals surface area contributed by atoms with E-state index >= 15 is 0 Å². The Bertz CT molecular complexity index is 359. The van der Waals surface area contributed by atoms with Gasteiger partial charge in [0, 0.05) is 26.7 Å². The summed E-state index contributed by atoms with van der Waals surface area (Å²) in [7, 11) is 1.89. The predicted molar refractivity (Wildman–Crippen MR) is 69.1 cm³/mol. The van der Waals surface area contributed by atoms with E-state index in [4.69, 9.17) is 4.74 Å². The van der Waals surface area contributed by atoms with E-state index in [1.807, 2.05) is 19.2 Å². The molecule has 1 fully saturated rings. The quantitative estimate of drug-likeness (QED) is 0.866. The Kier molecular flexibility index (Phi) is 3.97. The summed E-state index contributed by atoms with van der Waals surface area (Å²) >= 11 is 0. The third-order valence-corrected chi connectivity index (χ3v) is 2.94. The Labute approximate surface area is 103 Å². The van der Waals surface area contributed by atoms with Crippen LogP contribution in [0.15, 0.2) is 18.2 Å². The Balaban J connectivity index is 1.99. The average Bonchev–Trinajstić information content (AvgIpc) is 2.28. The molecule has 2 atom stereocenters. The predicted octanol–water partition coefficient (Wildman–Crippen LogP) is 1.73. The Morgan fingerprint density at radius 1 is 1.35 bits per heavy atom. The Morgan fingerprint density at radius 3 is 2.71 bits per heavy atom. The summed E-state index contributed by atoms with van der Waals surface area (Å²) in [5, 5.41) is 3.07. The SMILES string of the molecule is CNc1cccc(CN2CC(C)OC(C)C2)n1. The summed E-state index contributed by atoms with van der Waals surface area (Å²) in [5.74, 6) is 0.928. The van der Waals surface area contributed by atoms with Gasteiger partial charge in [0.1, 0.15) is 5.82 Å². The number of hydrogen-bond acceptors (Lipinski definition) is 4. The molecule has 0 radical (unpaired) electrons. The van der Waals surface area contributed by atoms with Gasteiger partial charge in [0.05, 0.1) is 17.9 Å². The molecule has 1 saturated heterocycles. The van der Waals surface area contributed by atoms with Gasteiger partial charge in [-0.2, -0.15) is 0 Å². The minimum atomic E-state index is 0.311. The van der Waals surface area contributed by atoms with Crippen LogP contribution in [0.3, 0.4) is 0 Å². The first kappa shape index (κ1) is 12.3. The highest BCUT2D eigenvalue weighted by Gasteiger charge is 2.22. The highest BCUT2D eigenvalue weighted by molar-refractivity contribution is 5.34. The van der Waals surface area contributed by atoms with Crippen LogP contribution in [-0.4, -0.2) is 42.2 Å². The second-order valence-corrected chi connectivity index (χ2v) is 4.72. The Hall–Kier alpha value is -1.13. The number of aromatic nitrogens is 1. The normalized spacial score (nSPS) is 25.8. The average molecular weight is 235 g/mol. The zero-order valence-corrected chi connectivity index (χ0v) is 10.8. The van der Waals surface area contributed by atoms with Crippen molar-refractivity contribution in [3.63, 3.8) is 0 Å². The van der Waals surface area contributed by atoms with Crippen molar-refractivity contribution in [3.8, 4) is 0 Å². The topological polar surface area (TPSA) is 37.4 Å². The van der Waals surface area contributed by atoms with Gasteiger partial charge < -0.3 is 10.1 Å². The summed E-state index contributed by atoms with van der Waals surface area (Å²) in [6.07, 6.45) is 0.623. The molecular formula is C13H21N3O. The number of anilines is 1. The molecule has 2 rings (SSSR count). The van der Waals surface area contributed by atoms with Crippen molar-refractivity contribution in [2.75, 3.05) is 25.5 Å². The van der Waals surface area contributed by atoms with Gasteiger partial charge in [0.2, 0.25) is 0 Å². The molecule has 0 aromatic carbocycles. The Morgan fingerprint density at radius 2 is 2.06 bits per heavy atom. The molecular weight excluding hydrogens is 214 g/mol. The lowest BCUT2D eigenvalue weighted by molar-refractivity contribution is -0.0707. The van der Waals surface area contributed by atoms with Crippen LogP contribution in [0.2, 0.25) is 0 Å². The number of ether oxygens (including phenoxy) is 1. The third kappa shape index (κ3) is 3.41. The molecule has 4 heteroatoms. The number of nitrogens with one attached hydrogen (secondary N) is 1. The van der Waals surface area contributed by atoms with Crippen LogP contribution in [-0.2, 0) is 11.3 Å². The number of pyridine rings is 1. The monoisotopic (exact) mass is 235 g/mol. The van der Waals surface area contributed by atoms with E-state index in [0.717, 1.165) is 31.1 Å². The number of morpholine rings is 1. The van der Waals surface area contributed by atoms with Crippen LogP contribution < -0.4 is 5.32 Å². The van der Waals surface area contributed by atoms with E-state index in [9.17, 15) is 0 Å². The van der Waals surface area contributed by atoms with Crippen LogP contribution >= 0.6 is 0 Å². The lowest BCUT2D eigenvalue weighted by atomic mass is 10.2. The van der Waals surface area contributed by atoms with Gasteiger partial charge in [0.25, 0.3) is 0 Å². The fourth-order valence-corrected chi connectivity index (χ4v) is 2.35. The van der Waals surface area contributed by atoms with Crippen LogP contribution in [0, 0.1) is 0 Å². The molecule has 2 heterocycles. The third-order valence-electron chi connectivity index (χ3n) is 2.94. The molecule has 1 aliphatic heterocycles. The van der Waals surface area contributed by atoms with Gasteiger partial charge in [-0.05, 0) is 26.0 Å². The minimum absolute atomic E-state index is 0.311. The van der Waals surface area contributed by atoms with Crippen LogP contribution in [0.1, 0.15) is 19.5 Å². The lowest BCUT2D eigenvalue weighted by Gasteiger charge is -2.35. The van der Waals surface area contributed by atoms with Crippen LogP contribution in [0.25, 0.3) is 0 Å². The maximum Gasteiger partial charge on any atom is 0.126 e. The summed E-state index contributed by atoms with van der Waals surface area (Å²) in [6, 6.07) is 6.10. The fraction of sp³-hybridized carbons (Fsp3) is 0.615. The van der Waals surface area contributed by atoms with Crippen molar-refractivity contribution in [2.24, 2.45) is 0 Å². The summed E-state index contributed by atoms with van der Waals surface area (Å²) in [6.45, 7) is 7.11. The molecule has 2 unspecified atom stereocenters. The van der Waals surface area contributed by atoms with Gasteiger partial charge in [-0.3, -0.25) is 4.90 Å². The number of rotatable bonds is 3. The summed E-state index contributed by atoms with van der Waals surface area (Å²) in [4.78, 5) is 6.95. The standard InChI is InChI=1S/C13H21N3O/c1-10-7-16(8-11(2)17-10)9-12-5-4-6-13(14-3)15-12/h4-6,10-11H,7-9H2,1-3H3,(H,14,15). The molecule has 1 aliphatic rings. The van der Waals surface area contributed by atoms with Crippen molar-refractivity contribution in [1.82, 2.24) is 9.88 Å². The molecule has 0 bridgehead atoms. The molecule has 1 N–H and O–H groups in total. The number of nitrogens with zero attached hydrogens (tertiary/aromatic N) is 2. The van der Waals surface area contributed by atoms with Crippen molar-refractivity contribution >= 4 is 5.82 Å². The van der Waals surface area contributed by atoms with Gasteiger partial charge in [-0.15, -0.1) is 0 Å². The summed E-state index contributed by atoms with van der Waals surface area (Å²) < 4.78 is 5.72. The van der Waals surface area contributed by atoms with E-state index < -0.39 is 0 Å². The zero-order chi connectivity index (χ0) is 12.3. The second-order valence-electron chi connectivity index (χ2n) is 4.72. The van der Waals surface area contributed by atoms with Crippen molar-refractivity contribution in [3.05, 3.63) is 23.9 Å². The molecule has 94 valence electrons. The van der Waals surface area contributed by atoms with Crippen LogP contribution in [0.5, 0.6) is 0 Å². The smallest absolute Gasteiger partial charge is 0.126 e. The second kappa shape index (κ2) is 5.47. The largest absolute Gasteiger partial charge is 0.373 e. The van der Waals surface area contributed by atoms with Crippen molar-refractivity contribution in [1.29, 1.82) is 0 Å². The highest BCUT2D eigenvalue weighted by atomic mass is 16.5. The van der Waals surface area contributed by atoms with E-state index in [2.05, 4.69) is 35.1 Å². The maximum atomic E-state index is 5.72. The maximum absolute atomic E-state index is 5.72. The molecule has 0 saturated carbocycles. The van der Waals surface area contributed by atoms with Crippen molar-refractivity contribution < 1.29 is 4.74 Å². The molecule has 0 amide bonds. The van der Waals surface area contributed by atoms with E-state index in [-0.39, 0.29) is 0 Å². The number of hydrogen-bond donors (Lipinski definition) is 1. The summed E-state index contributed by atoms with van der Waals surface area (Å²) in [5.41, 5.74) is 1.11. The van der Waals surface area contributed by atoms with Crippen LogP contribution in [0.4, 0.5) is 5.82 Å². The van der Waals surface area contributed by atoms with E-state index in [1.165, 1.54) is 0 Å². The van der Waals surface area contributed by atoms with E-state index in [0.29, 0.717) is 12.2 Å². The highest BCUT2D eigenvalue weighted by Crippen LogP contribution is 2.14. The first-order chi connectivity index (χ1) is 8.17.